The minimum atomic E-state index is 0.0343. The molecule has 4 aromatic rings. The predicted molar refractivity (Wildman–Crippen MR) is 106 cm³/mol. The van der Waals surface area contributed by atoms with Gasteiger partial charge in [0.15, 0.2) is 0 Å². The molecule has 2 aromatic heterocycles. The Bertz CT molecular complexity index is 1110. The number of benzene rings is 2. The lowest BCUT2D eigenvalue weighted by Crippen LogP contribution is -2.34. The number of aromatic amines is 1. The lowest BCUT2D eigenvalue weighted by atomic mass is 10.2. The number of H-pyrrole nitrogens is 1. The second kappa shape index (κ2) is 6.27. The van der Waals surface area contributed by atoms with E-state index in [1.165, 1.54) is 5.39 Å². The summed E-state index contributed by atoms with van der Waals surface area (Å²) in [5.74, 6) is 1.05. The number of nitrogens with zero attached hydrogens (tertiary/aromatic N) is 3. The van der Waals surface area contributed by atoms with Gasteiger partial charge in [-0.25, -0.2) is 4.98 Å². The average Bonchev–Trinajstić information content (AvgIpc) is 3.38. The van der Waals surface area contributed by atoms with Crippen LogP contribution in [0.5, 0.6) is 0 Å². The molecule has 5 rings (SSSR count). The van der Waals surface area contributed by atoms with Crippen molar-refractivity contribution < 1.29 is 4.79 Å². The largest absolute Gasteiger partial charge is 0.340 e. The van der Waals surface area contributed by atoms with Crippen LogP contribution in [0.1, 0.15) is 30.4 Å². The number of hydrogen-bond donors (Lipinski definition) is 1. The Kier molecular flexibility index (Phi) is 3.74. The summed E-state index contributed by atoms with van der Waals surface area (Å²) in [4.78, 5) is 23.3. The summed E-state index contributed by atoms with van der Waals surface area (Å²) in [6, 6.07) is 18.4. The molecular weight excluding hydrogens is 336 g/mol. The number of carbonyl (C=O) groups is 1. The highest BCUT2D eigenvalue weighted by molar-refractivity contribution is 5.84. The Morgan fingerprint density at radius 2 is 2.00 bits per heavy atom. The number of rotatable bonds is 3. The van der Waals surface area contributed by atoms with Crippen molar-refractivity contribution in [2.24, 2.45) is 0 Å². The second-order valence-electron chi connectivity index (χ2n) is 7.32. The number of fused-ring (bicyclic) bond motifs is 2. The van der Waals surface area contributed by atoms with Gasteiger partial charge in [0.2, 0.25) is 5.91 Å². The molecular formula is C22H22N4O. The van der Waals surface area contributed by atoms with Crippen LogP contribution in [0.2, 0.25) is 0 Å². The zero-order valence-corrected chi connectivity index (χ0v) is 15.4. The van der Waals surface area contributed by atoms with Gasteiger partial charge in [-0.05, 0) is 49.4 Å². The fourth-order valence-corrected chi connectivity index (χ4v) is 4.26. The zero-order valence-electron chi connectivity index (χ0n) is 15.4. The molecule has 0 unspecified atom stereocenters. The number of para-hydroxylation sites is 3. The lowest BCUT2D eigenvalue weighted by molar-refractivity contribution is -0.132. The van der Waals surface area contributed by atoms with Crippen LogP contribution in [0.3, 0.4) is 0 Å². The summed E-state index contributed by atoms with van der Waals surface area (Å²) >= 11 is 0. The normalized spacial score (nSPS) is 17.2. The highest BCUT2D eigenvalue weighted by Gasteiger charge is 2.32. The van der Waals surface area contributed by atoms with Crippen LogP contribution < -0.4 is 0 Å². The van der Waals surface area contributed by atoms with Crippen molar-refractivity contribution in [1.82, 2.24) is 19.4 Å². The van der Waals surface area contributed by atoms with E-state index >= 15 is 0 Å². The van der Waals surface area contributed by atoms with Gasteiger partial charge < -0.3 is 14.5 Å². The van der Waals surface area contributed by atoms with Gasteiger partial charge in [0.05, 0.1) is 17.1 Å². The fraction of sp³-hybridized carbons (Fsp3) is 0.273. The molecule has 5 heteroatoms. The van der Waals surface area contributed by atoms with Crippen molar-refractivity contribution in [3.63, 3.8) is 0 Å². The van der Waals surface area contributed by atoms with E-state index in [1.807, 2.05) is 41.3 Å². The minimum absolute atomic E-state index is 0.0343. The van der Waals surface area contributed by atoms with Crippen molar-refractivity contribution >= 4 is 27.8 Å². The SMILES string of the molecule is Cc1cc2ccccc2n1CC(=O)N1CCC[C@H]1c1nc2ccccc2[nH]1. The molecule has 1 aliphatic rings. The van der Waals surface area contributed by atoms with Gasteiger partial charge >= 0.3 is 0 Å². The molecule has 1 fully saturated rings. The molecule has 136 valence electrons. The van der Waals surface area contributed by atoms with Crippen LogP contribution in [-0.4, -0.2) is 31.9 Å². The van der Waals surface area contributed by atoms with Crippen LogP contribution in [0.4, 0.5) is 0 Å². The van der Waals surface area contributed by atoms with Crippen molar-refractivity contribution in [2.45, 2.75) is 32.4 Å². The number of carbonyl (C=O) groups excluding carboxylic acids is 1. The molecule has 5 nitrogen and oxygen atoms in total. The van der Waals surface area contributed by atoms with Gasteiger partial charge in [0.25, 0.3) is 0 Å². The van der Waals surface area contributed by atoms with E-state index in [4.69, 9.17) is 4.98 Å². The van der Waals surface area contributed by atoms with Gasteiger partial charge in [0, 0.05) is 17.8 Å². The summed E-state index contributed by atoms with van der Waals surface area (Å²) in [5.41, 5.74) is 4.21. The molecule has 0 saturated carbocycles. The lowest BCUT2D eigenvalue weighted by Gasteiger charge is -2.24. The number of likely N-dealkylation sites (tertiary alicyclic amines) is 1. The predicted octanol–water partition coefficient (Wildman–Crippen LogP) is 4.19. The van der Waals surface area contributed by atoms with E-state index in [9.17, 15) is 4.79 Å². The number of imidazole rings is 1. The summed E-state index contributed by atoms with van der Waals surface area (Å²) in [5, 5.41) is 1.18. The van der Waals surface area contributed by atoms with Gasteiger partial charge in [0.1, 0.15) is 12.4 Å². The first-order valence-corrected chi connectivity index (χ1v) is 9.50. The highest BCUT2D eigenvalue weighted by atomic mass is 16.2. The van der Waals surface area contributed by atoms with Crippen molar-refractivity contribution in [2.75, 3.05) is 6.54 Å². The molecule has 27 heavy (non-hydrogen) atoms. The summed E-state index contributed by atoms with van der Waals surface area (Å²) < 4.78 is 2.12. The topological polar surface area (TPSA) is 53.9 Å². The molecule has 3 heterocycles. The summed E-state index contributed by atoms with van der Waals surface area (Å²) in [6.45, 7) is 3.23. The highest BCUT2D eigenvalue weighted by Crippen LogP contribution is 2.32. The summed E-state index contributed by atoms with van der Waals surface area (Å²) in [6.07, 6.45) is 1.97. The first-order valence-electron chi connectivity index (χ1n) is 9.50. The molecule has 1 amide bonds. The monoisotopic (exact) mass is 358 g/mol. The smallest absolute Gasteiger partial charge is 0.243 e. The molecule has 1 saturated heterocycles. The van der Waals surface area contributed by atoms with E-state index in [-0.39, 0.29) is 11.9 Å². The molecule has 1 N–H and O–H groups in total. The van der Waals surface area contributed by atoms with Crippen molar-refractivity contribution in [3.05, 3.63) is 66.1 Å². The quantitative estimate of drug-likeness (QED) is 0.597. The fourth-order valence-electron chi connectivity index (χ4n) is 4.26. The van der Waals surface area contributed by atoms with E-state index in [1.54, 1.807) is 0 Å². The van der Waals surface area contributed by atoms with Crippen LogP contribution in [0.15, 0.2) is 54.6 Å². The molecule has 0 aliphatic carbocycles. The Morgan fingerprint density at radius 1 is 1.19 bits per heavy atom. The molecule has 2 aromatic carbocycles. The minimum Gasteiger partial charge on any atom is -0.340 e. The molecule has 1 atom stereocenters. The standard InChI is InChI=1S/C22H22N4O/c1-15-13-16-7-2-5-10-19(16)26(15)14-21(27)25-12-6-11-20(25)22-23-17-8-3-4-9-18(17)24-22/h2-5,7-10,13,20H,6,11-12,14H2,1H3,(H,23,24)/t20-/m0/s1. The Balaban J connectivity index is 1.44. The third-order valence-corrected chi connectivity index (χ3v) is 5.61. The van der Waals surface area contributed by atoms with Crippen LogP contribution >= 0.6 is 0 Å². The summed E-state index contributed by atoms with van der Waals surface area (Å²) in [7, 11) is 0. The second-order valence-corrected chi connectivity index (χ2v) is 7.32. The van der Waals surface area contributed by atoms with E-state index in [0.29, 0.717) is 6.54 Å². The molecule has 0 radical (unpaired) electrons. The first-order chi connectivity index (χ1) is 13.2. The van der Waals surface area contributed by atoms with E-state index in [2.05, 4.69) is 34.7 Å². The average molecular weight is 358 g/mol. The number of aryl methyl sites for hydroxylation is 1. The molecule has 0 spiro atoms. The van der Waals surface area contributed by atoms with Crippen LogP contribution in [-0.2, 0) is 11.3 Å². The number of aromatic nitrogens is 3. The van der Waals surface area contributed by atoms with Crippen LogP contribution in [0.25, 0.3) is 21.9 Å². The van der Waals surface area contributed by atoms with Gasteiger partial charge in [-0.3, -0.25) is 4.79 Å². The first kappa shape index (κ1) is 16.1. The van der Waals surface area contributed by atoms with Crippen molar-refractivity contribution in [3.8, 4) is 0 Å². The van der Waals surface area contributed by atoms with E-state index in [0.717, 1.165) is 47.5 Å². The maximum Gasteiger partial charge on any atom is 0.243 e. The molecule has 1 aliphatic heterocycles. The van der Waals surface area contributed by atoms with Gasteiger partial charge in [-0.2, -0.15) is 0 Å². The zero-order chi connectivity index (χ0) is 18.4. The van der Waals surface area contributed by atoms with Gasteiger partial charge in [-0.1, -0.05) is 30.3 Å². The Hall–Kier alpha value is -3.08. The number of amides is 1. The maximum absolute atomic E-state index is 13.2. The molecule has 0 bridgehead atoms. The third kappa shape index (κ3) is 2.70. The number of nitrogens with one attached hydrogen (secondary N) is 1. The Morgan fingerprint density at radius 3 is 2.89 bits per heavy atom. The third-order valence-electron chi connectivity index (χ3n) is 5.61. The van der Waals surface area contributed by atoms with Crippen molar-refractivity contribution in [1.29, 1.82) is 0 Å². The van der Waals surface area contributed by atoms with Gasteiger partial charge in [-0.15, -0.1) is 0 Å². The maximum atomic E-state index is 13.2. The van der Waals surface area contributed by atoms with Crippen LogP contribution in [0, 0.1) is 6.92 Å². The number of hydrogen-bond acceptors (Lipinski definition) is 2. The Labute approximate surface area is 157 Å². The van der Waals surface area contributed by atoms with E-state index < -0.39 is 0 Å².